The monoisotopic (exact) mass is 414 g/mol. The number of amides is 2. The van der Waals surface area contributed by atoms with Crippen LogP contribution < -0.4 is 5.32 Å². The molecular weight excluding hydrogens is 395 g/mol. The van der Waals surface area contributed by atoms with Crippen LogP contribution in [0.15, 0.2) is 48.8 Å². The molecule has 8 heteroatoms. The van der Waals surface area contributed by atoms with Crippen LogP contribution in [0.4, 0.5) is 4.39 Å². The number of nitrogens with one attached hydrogen (secondary N) is 1. The molecule has 1 saturated heterocycles. The van der Waals surface area contributed by atoms with Crippen LogP contribution >= 0.6 is 11.6 Å². The van der Waals surface area contributed by atoms with Gasteiger partial charge in [-0.25, -0.2) is 9.37 Å². The van der Waals surface area contributed by atoms with Crippen LogP contribution in [-0.4, -0.2) is 39.2 Å². The van der Waals surface area contributed by atoms with Crippen molar-refractivity contribution in [2.45, 2.75) is 19.4 Å². The van der Waals surface area contributed by atoms with Gasteiger partial charge in [-0.05, 0) is 49.2 Å². The average molecular weight is 415 g/mol. The summed E-state index contributed by atoms with van der Waals surface area (Å²) in [7, 11) is 0. The van der Waals surface area contributed by atoms with Crippen LogP contribution in [0.25, 0.3) is 5.65 Å². The molecule has 2 aromatic heterocycles. The maximum absolute atomic E-state index is 13.1. The molecule has 0 saturated carbocycles. The zero-order chi connectivity index (χ0) is 20.4. The number of benzene rings is 1. The molecule has 29 heavy (non-hydrogen) atoms. The Hall–Kier alpha value is -2.93. The van der Waals surface area contributed by atoms with Gasteiger partial charge in [-0.3, -0.25) is 9.59 Å². The number of imidazole rings is 1. The zero-order valence-corrected chi connectivity index (χ0v) is 16.4. The molecule has 1 unspecified atom stereocenters. The molecule has 0 bridgehead atoms. The van der Waals surface area contributed by atoms with Crippen LogP contribution in [0, 0.1) is 11.7 Å². The Morgan fingerprint density at radius 1 is 1.17 bits per heavy atom. The SMILES string of the molecule is O=C(NCc1cn2cc(Cl)ccc2n1)C1CCCN(C(=O)c2ccc(F)cc2)C1. The number of hydrogen-bond donors (Lipinski definition) is 1. The summed E-state index contributed by atoms with van der Waals surface area (Å²) in [6.07, 6.45) is 5.06. The third-order valence-corrected chi connectivity index (χ3v) is 5.30. The molecule has 1 aliphatic rings. The van der Waals surface area contributed by atoms with E-state index in [9.17, 15) is 14.0 Å². The predicted octanol–water partition coefficient (Wildman–Crippen LogP) is 3.30. The Balaban J connectivity index is 1.36. The van der Waals surface area contributed by atoms with Crippen LogP contribution in [0.2, 0.25) is 5.02 Å². The normalized spacial score (nSPS) is 16.8. The lowest BCUT2D eigenvalue weighted by atomic mass is 9.96. The number of carbonyl (C=O) groups is 2. The van der Waals surface area contributed by atoms with Gasteiger partial charge in [0.2, 0.25) is 5.91 Å². The van der Waals surface area contributed by atoms with Crippen molar-refractivity contribution >= 4 is 29.1 Å². The summed E-state index contributed by atoms with van der Waals surface area (Å²) in [4.78, 5) is 31.4. The maximum atomic E-state index is 13.1. The first kappa shape index (κ1) is 19.4. The predicted molar refractivity (Wildman–Crippen MR) is 107 cm³/mol. The number of halogens is 2. The van der Waals surface area contributed by atoms with E-state index in [1.807, 2.05) is 16.7 Å². The van der Waals surface area contributed by atoms with Crippen LogP contribution in [0.1, 0.15) is 28.9 Å². The first-order valence-corrected chi connectivity index (χ1v) is 9.83. The molecule has 1 aromatic carbocycles. The first-order chi connectivity index (χ1) is 14.0. The molecule has 1 N–H and O–H groups in total. The molecular formula is C21H20ClFN4O2. The van der Waals surface area contributed by atoms with Crippen molar-refractivity contribution < 1.29 is 14.0 Å². The second-order valence-corrected chi connectivity index (χ2v) is 7.60. The lowest BCUT2D eigenvalue weighted by molar-refractivity contribution is -0.126. The van der Waals surface area contributed by atoms with Crippen LogP contribution in [-0.2, 0) is 11.3 Å². The van der Waals surface area contributed by atoms with E-state index in [1.54, 1.807) is 17.2 Å². The average Bonchev–Trinajstić information content (AvgIpc) is 3.14. The quantitative estimate of drug-likeness (QED) is 0.712. The van der Waals surface area contributed by atoms with Gasteiger partial charge < -0.3 is 14.6 Å². The fourth-order valence-electron chi connectivity index (χ4n) is 3.58. The largest absolute Gasteiger partial charge is 0.350 e. The van der Waals surface area contributed by atoms with Gasteiger partial charge in [0.1, 0.15) is 11.5 Å². The van der Waals surface area contributed by atoms with E-state index >= 15 is 0 Å². The second-order valence-electron chi connectivity index (χ2n) is 7.16. The van der Waals surface area contributed by atoms with E-state index in [1.165, 1.54) is 24.3 Å². The Morgan fingerprint density at radius 2 is 1.97 bits per heavy atom. The molecule has 0 spiro atoms. The van der Waals surface area contributed by atoms with Crippen LogP contribution in [0.5, 0.6) is 0 Å². The third kappa shape index (κ3) is 4.40. The fraction of sp³-hybridized carbons (Fsp3) is 0.286. The van der Waals surface area contributed by atoms with Gasteiger partial charge in [-0.2, -0.15) is 0 Å². The highest BCUT2D eigenvalue weighted by molar-refractivity contribution is 6.30. The highest BCUT2D eigenvalue weighted by atomic mass is 35.5. The molecule has 0 aliphatic carbocycles. The number of nitrogens with zero attached hydrogens (tertiary/aromatic N) is 3. The van der Waals surface area contributed by atoms with Crippen molar-refractivity contribution in [3.63, 3.8) is 0 Å². The molecule has 6 nitrogen and oxygen atoms in total. The van der Waals surface area contributed by atoms with E-state index in [-0.39, 0.29) is 23.5 Å². The summed E-state index contributed by atoms with van der Waals surface area (Å²) in [6.45, 7) is 1.25. The van der Waals surface area contributed by atoms with E-state index in [0.29, 0.717) is 30.2 Å². The third-order valence-electron chi connectivity index (χ3n) is 5.08. The molecule has 1 aliphatic heterocycles. The zero-order valence-electron chi connectivity index (χ0n) is 15.6. The topological polar surface area (TPSA) is 66.7 Å². The smallest absolute Gasteiger partial charge is 0.253 e. The first-order valence-electron chi connectivity index (χ1n) is 9.45. The van der Waals surface area contributed by atoms with Crippen molar-refractivity contribution in [1.29, 1.82) is 0 Å². The van der Waals surface area contributed by atoms with E-state index in [4.69, 9.17) is 11.6 Å². The van der Waals surface area contributed by atoms with Gasteiger partial charge >= 0.3 is 0 Å². The summed E-state index contributed by atoms with van der Waals surface area (Å²) in [6, 6.07) is 9.05. The summed E-state index contributed by atoms with van der Waals surface area (Å²) in [5.74, 6) is -0.942. The fourth-order valence-corrected chi connectivity index (χ4v) is 3.74. The molecule has 150 valence electrons. The van der Waals surface area contributed by atoms with Crippen molar-refractivity contribution in [3.05, 3.63) is 70.9 Å². The minimum Gasteiger partial charge on any atom is -0.350 e. The van der Waals surface area contributed by atoms with Gasteiger partial charge in [0.05, 0.1) is 23.2 Å². The molecule has 1 atom stereocenters. The number of rotatable bonds is 4. The second kappa shape index (κ2) is 8.21. The van der Waals surface area contributed by atoms with E-state index < -0.39 is 0 Å². The van der Waals surface area contributed by atoms with Gasteiger partial charge in [0, 0.05) is 31.0 Å². The highest BCUT2D eigenvalue weighted by Gasteiger charge is 2.29. The number of fused-ring (bicyclic) bond motifs is 1. The summed E-state index contributed by atoms with van der Waals surface area (Å²) in [5.41, 5.74) is 1.92. The molecule has 3 aromatic rings. The van der Waals surface area contributed by atoms with Crippen molar-refractivity contribution in [2.75, 3.05) is 13.1 Å². The lowest BCUT2D eigenvalue weighted by Crippen LogP contribution is -2.45. The number of carbonyl (C=O) groups excluding carboxylic acids is 2. The Kier molecular flexibility index (Phi) is 5.49. The molecule has 1 fully saturated rings. The van der Waals surface area contributed by atoms with E-state index in [2.05, 4.69) is 10.3 Å². The summed E-state index contributed by atoms with van der Waals surface area (Å²) in [5, 5.41) is 3.53. The van der Waals surface area contributed by atoms with E-state index in [0.717, 1.165) is 24.2 Å². The van der Waals surface area contributed by atoms with Gasteiger partial charge in [0.25, 0.3) is 5.91 Å². The number of piperidine rings is 1. The molecule has 3 heterocycles. The van der Waals surface area contributed by atoms with Gasteiger partial charge in [0.15, 0.2) is 0 Å². The Labute approximate surface area is 172 Å². The Morgan fingerprint density at radius 3 is 2.76 bits per heavy atom. The number of hydrogen-bond acceptors (Lipinski definition) is 3. The minimum atomic E-state index is -0.383. The van der Waals surface area contributed by atoms with Crippen molar-refractivity contribution in [2.24, 2.45) is 5.92 Å². The van der Waals surface area contributed by atoms with Gasteiger partial charge in [-0.15, -0.1) is 0 Å². The van der Waals surface area contributed by atoms with Crippen LogP contribution in [0.3, 0.4) is 0 Å². The maximum Gasteiger partial charge on any atom is 0.253 e. The minimum absolute atomic E-state index is 0.100. The lowest BCUT2D eigenvalue weighted by Gasteiger charge is -2.32. The molecule has 0 radical (unpaired) electrons. The van der Waals surface area contributed by atoms with Gasteiger partial charge in [-0.1, -0.05) is 11.6 Å². The standard InChI is InChI=1S/C21H20ClFN4O2/c22-16-5-8-19-25-18(13-27(19)12-16)10-24-20(28)15-2-1-9-26(11-15)21(29)14-3-6-17(23)7-4-14/h3-8,12-13,15H,1-2,9-11H2,(H,24,28). The summed E-state index contributed by atoms with van der Waals surface area (Å²) >= 11 is 5.98. The molecule has 4 rings (SSSR count). The summed E-state index contributed by atoms with van der Waals surface area (Å²) < 4.78 is 14.9. The highest BCUT2D eigenvalue weighted by Crippen LogP contribution is 2.19. The number of aromatic nitrogens is 2. The van der Waals surface area contributed by atoms with Crippen molar-refractivity contribution in [1.82, 2.24) is 19.6 Å². The number of likely N-dealkylation sites (tertiary alicyclic amines) is 1. The van der Waals surface area contributed by atoms with Crippen molar-refractivity contribution in [3.8, 4) is 0 Å². The Bertz CT molecular complexity index is 1050. The number of pyridine rings is 1. The molecule has 2 amide bonds.